The van der Waals surface area contributed by atoms with Crippen molar-refractivity contribution >= 4 is 28.5 Å². The quantitative estimate of drug-likeness (QED) is 0.487. The third-order valence-corrected chi connectivity index (χ3v) is 4.55. The number of rotatable bonds is 5. The molecule has 0 saturated heterocycles. The van der Waals surface area contributed by atoms with Crippen molar-refractivity contribution in [3.8, 4) is 5.75 Å². The highest BCUT2D eigenvalue weighted by Gasteiger charge is 2.20. The van der Waals surface area contributed by atoms with Crippen LogP contribution in [0.1, 0.15) is 21.5 Å². The monoisotopic (exact) mass is 395 g/mol. The Balaban J connectivity index is 1.87. The summed E-state index contributed by atoms with van der Waals surface area (Å²) in [5, 5.41) is 0.639. The number of carbonyl (C=O) groups is 2. The molecule has 3 rings (SSSR count). The summed E-state index contributed by atoms with van der Waals surface area (Å²) in [4.78, 5) is 37.7. The number of ether oxygens (including phenoxy) is 2. The maximum Gasteiger partial charge on any atom is 0.339 e. The van der Waals surface area contributed by atoms with Gasteiger partial charge in [-0.25, -0.2) is 9.59 Å². The van der Waals surface area contributed by atoms with Crippen molar-refractivity contribution in [1.29, 1.82) is 0 Å². The lowest BCUT2D eigenvalue weighted by molar-refractivity contribution is -0.120. The number of methoxy groups -OCH3 is 1. The minimum atomic E-state index is -0.531. The number of anilines is 1. The van der Waals surface area contributed by atoms with Gasteiger partial charge >= 0.3 is 11.6 Å². The molecule has 2 aromatic carbocycles. The molecular weight excluding hydrogens is 374 g/mol. The highest BCUT2D eigenvalue weighted by atomic mass is 16.5. The van der Waals surface area contributed by atoms with E-state index in [1.165, 1.54) is 18.1 Å². The normalized spacial score (nSPS) is 10.6. The van der Waals surface area contributed by atoms with Crippen LogP contribution in [0.25, 0.3) is 11.0 Å². The van der Waals surface area contributed by atoms with Gasteiger partial charge in [0.05, 0.1) is 23.7 Å². The molecule has 0 aliphatic heterocycles. The van der Waals surface area contributed by atoms with Crippen LogP contribution in [-0.2, 0) is 9.53 Å². The Bertz CT molecular complexity index is 1150. The van der Waals surface area contributed by atoms with Gasteiger partial charge in [-0.15, -0.1) is 0 Å². The number of hydrogen-bond acceptors (Lipinski definition) is 6. The van der Waals surface area contributed by atoms with E-state index in [1.54, 1.807) is 50.4 Å². The average molecular weight is 395 g/mol. The number of likely N-dealkylation sites (N-methyl/N-ethyl adjacent to an activating group) is 1. The lowest BCUT2D eigenvalue weighted by atomic mass is 10.1. The first kappa shape index (κ1) is 20.1. The van der Waals surface area contributed by atoms with Crippen LogP contribution >= 0.6 is 0 Å². The maximum atomic E-state index is 12.7. The van der Waals surface area contributed by atoms with Gasteiger partial charge in [0, 0.05) is 13.1 Å². The van der Waals surface area contributed by atoms with E-state index in [1.807, 2.05) is 6.92 Å². The number of aryl methyl sites for hydroxylation is 2. The molecule has 0 aliphatic rings. The lowest BCUT2D eigenvalue weighted by Gasteiger charge is -2.20. The van der Waals surface area contributed by atoms with Gasteiger partial charge in [0.2, 0.25) is 0 Å². The van der Waals surface area contributed by atoms with Gasteiger partial charge < -0.3 is 18.8 Å². The van der Waals surface area contributed by atoms with Crippen LogP contribution in [-0.4, -0.2) is 32.6 Å². The lowest BCUT2D eigenvalue weighted by Crippen LogP contribution is -2.32. The molecular formula is C22H21NO6. The Labute approximate surface area is 167 Å². The van der Waals surface area contributed by atoms with E-state index in [2.05, 4.69) is 0 Å². The zero-order valence-corrected chi connectivity index (χ0v) is 16.6. The Morgan fingerprint density at radius 3 is 2.55 bits per heavy atom. The zero-order chi connectivity index (χ0) is 21.1. The van der Waals surface area contributed by atoms with Gasteiger partial charge in [0.1, 0.15) is 11.3 Å². The molecule has 0 unspecified atom stereocenters. The molecule has 1 amide bonds. The first-order valence-electron chi connectivity index (χ1n) is 8.93. The van der Waals surface area contributed by atoms with Crippen molar-refractivity contribution in [2.24, 2.45) is 0 Å². The molecule has 1 heterocycles. The van der Waals surface area contributed by atoms with E-state index >= 15 is 0 Å². The van der Waals surface area contributed by atoms with Crippen LogP contribution in [0.4, 0.5) is 5.69 Å². The number of nitrogens with zero attached hydrogens (tertiary/aromatic N) is 1. The van der Waals surface area contributed by atoms with Crippen molar-refractivity contribution in [2.75, 3.05) is 25.7 Å². The number of benzene rings is 2. The van der Waals surface area contributed by atoms with Gasteiger partial charge in [-0.05, 0) is 49.2 Å². The fourth-order valence-electron chi connectivity index (χ4n) is 3.11. The van der Waals surface area contributed by atoms with Gasteiger partial charge in [0.15, 0.2) is 6.61 Å². The molecule has 7 nitrogen and oxygen atoms in total. The Hall–Kier alpha value is -3.61. The first-order valence-corrected chi connectivity index (χ1v) is 8.93. The predicted molar refractivity (Wildman–Crippen MR) is 109 cm³/mol. The number of hydrogen-bond donors (Lipinski definition) is 0. The second-order valence-corrected chi connectivity index (χ2v) is 6.63. The molecule has 0 bridgehead atoms. The second-order valence-electron chi connectivity index (χ2n) is 6.63. The van der Waals surface area contributed by atoms with E-state index in [9.17, 15) is 14.4 Å². The highest BCUT2D eigenvalue weighted by Crippen LogP contribution is 2.29. The van der Waals surface area contributed by atoms with Crippen LogP contribution in [0.3, 0.4) is 0 Å². The Morgan fingerprint density at radius 1 is 1.10 bits per heavy atom. The summed E-state index contributed by atoms with van der Waals surface area (Å²) < 4.78 is 15.8. The van der Waals surface area contributed by atoms with Gasteiger partial charge in [-0.3, -0.25) is 4.79 Å². The average Bonchev–Trinajstić information content (AvgIpc) is 2.69. The number of para-hydroxylation sites is 1. The van der Waals surface area contributed by atoms with Crippen LogP contribution < -0.4 is 15.3 Å². The summed E-state index contributed by atoms with van der Waals surface area (Å²) in [6.45, 7) is 3.36. The fourth-order valence-corrected chi connectivity index (χ4v) is 3.11. The molecule has 0 fully saturated rings. The summed E-state index contributed by atoms with van der Waals surface area (Å²) in [6, 6.07) is 11.6. The van der Waals surface area contributed by atoms with E-state index in [-0.39, 0.29) is 18.1 Å². The standard InChI is InChI=1S/C22H21NO6/c1-13-9-17(21-14(2)11-20(25)29-18(21)10-13)28-12-19(24)23(3)16-8-6-5-7-15(16)22(26)27-4/h5-11H,12H2,1-4H3. The van der Waals surface area contributed by atoms with E-state index in [0.717, 1.165) is 5.56 Å². The molecule has 0 aliphatic carbocycles. The van der Waals surface area contributed by atoms with Crippen molar-refractivity contribution < 1.29 is 23.5 Å². The number of fused-ring (bicyclic) bond motifs is 1. The van der Waals surface area contributed by atoms with Gasteiger partial charge in [-0.1, -0.05) is 12.1 Å². The summed E-state index contributed by atoms with van der Waals surface area (Å²) in [5.41, 5.74) is 2.19. The van der Waals surface area contributed by atoms with E-state index < -0.39 is 11.6 Å². The third-order valence-electron chi connectivity index (χ3n) is 4.55. The molecule has 7 heteroatoms. The maximum absolute atomic E-state index is 12.7. The third kappa shape index (κ3) is 4.13. The Morgan fingerprint density at radius 2 is 1.83 bits per heavy atom. The van der Waals surface area contributed by atoms with Crippen LogP contribution in [0.5, 0.6) is 5.75 Å². The van der Waals surface area contributed by atoms with Crippen molar-refractivity contribution in [2.45, 2.75) is 13.8 Å². The van der Waals surface area contributed by atoms with Gasteiger partial charge in [-0.2, -0.15) is 0 Å². The molecule has 0 N–H and O–H groups in total. The highest BCUT2D eigenvalue weighted by molar-refractivity contribution is 6.02. The molecule has 1 aromatic heterocycles. The van der Waals surface area contributed by atoms with Crippen LogP contribution in [0.15, 0.2) is 51.7 Å². The van der Waals surface area contributed by atoms with Crippen LogP contribution in [0.2, 0.25) is 0 Å². The second kappa shape index (κ2) is 8.18. The topological polar surface area (TPSA) is 86.1 Å². The zero-order valence-electron chi connectivity index (χ0n) is 16.6. The number of amides is 1. The van der Waals surface area contributed by atoms with Crippen molar-refractivity contribution in [1.82, 2.24) is 0 Å². The fraction of sp³-hybridized carbons (Fsp3) is 0.227. The first-order chi connectivity index (χ1) is 13.8. The van der Waals surface area contributed by atoms with Crippen LogP contribution in [0, 0.1) is 13.8 Å². The number of carbonyl (C=O) groups excluding carboxylic acids is 2. The molecule has 3 aromatic rings. The SMILES string of the molecule is COC(=O)c1ccccc1N(C)C(=O)COc1cc(C)cc2oc(=O)cc(C)c12. The molecule has 29 heavy (non-hydrogen) atoms. The van der Waals surface area contributed by atoms with E-state index in [4.69, 9.17) is 13.9 Å². The van der Waals surface area contributed by atoms with Crippen molar-refractivity contribution in [3.63, 3.8) is 0 Å². The van der Waals surface area contributed by atoms with E-state index in [0.29, 0.717) is 28.0 Å². The predicted octanol–water partition coefficient (Wildman–Crippen LogP) is 3.24. The smallest absolute Gasteiger partial charge is 0.339 e. The van der Waals surface area contributed by atoms with Crippen molar-refractivity contribution in [3.05, 3.63) is 69.6 Å². The molecule has 0 saturated carbocycles. The summed E-state index contributed by atoms with van der Waals surface area (Å²) in [7, 11) is 2.85. The minimum Gasteiger partial charge on any atom is -0.483 e. The van der Waals surface area contributed by atoms with Gasteiger partial charge in [0.25, 0.3) is 5.91 Å². The molecule has 0 atom stereocenters. The largest absolute Gasteiger partial charge is 0.483 e. The molecule has 0 spiro atoms. The minimum absolute atomic E-state index is 0.261. The summed E-state index contributed by atoms with van der Waals surface area (Å²) in [6.07, 6.45) is 0. The molecule has 0 radical (unpaired) electrons. The number of esters is 1. The molecule has 150 valence electrons. The Kier molecular flexibility index (Phi) is 5.68. The summed E-state index contributed by atoms with van der Waals surface area (Å²) in [5.74, 6) is -0.438. The summed E-state index contributed by atoms with van der Waals surface area (Å²) >= 11 is 0.